The van der Waals surface area contributed by atoms with Crippen molar-refractivity contribution in [2.75, 3.05) is 24.7 Å². The van der Waals surface area contributed by atoms with Gasteiger partial charge in [-0.05, 0) is 49.7 Å². The van der Waals surface area contributed by atoms with E-state index in [1.165, 1.54) is 0 Å². The highest BCUT2D eigenvalue weighted by Crippen LogP contribution is 2.33. The Bertz CT molecular complexity index is 714. The third-order valence-electron chi connectivity index (χ3n) is 4.09. The first-order chi connectivity index (χ1) is 12.2. The highest BCUT2D eigenvalue weighted by Gasteiger charge is 2.28. The molecule has 0 saturated heterocycles. The van der Waals surface area contributed by atoms with E-state index in [2.05, 4.69) is 6.92 Å². The van der Waals surface area contributed by atoms with Crippen LogP contribution in [0.3, 0.4) is 0 Å². The maximum Gasteiger partial charge on any atom is 0.265 e. The van der Waals surface area contributed by atoms with E-state index in [1.807, 2.05) is 43.3 Å². The normalized spacial score (nSPS) is 15.9. The number of ether oxygens (including phenoxy) is 3. The average Bonchev–Trinajstić information content (AvgIpc) is 2.66. The van der Waals surface area contributed by atoms with E-state index >= 15 is 0 Å². The van der Waals surface area contributed by atoms with Gasteiger partial charge >= 0.3 is 0 Å². The Hall–Kier alpha value is -2.69. The lowest BCUT2D eigenvalue weighted by Crippen LogP contribution is -2.45. The molecule has 0 radical (unpaired) electrons. The molecule has 2 aromatic carbocycles. The number of hydrogen-bond donors (Lipinski definition) is 0. The van der Waals surface area contributed by atoms with E-state index in [9.17, 15) is 4.79 Å². The maximum atomic E-state index is 12.7. The van der Waals surface area contributed by atoms with Crippen LogP contribution in [0.5, 0.6) is 17.2 Å². The van der Waals surface area contributed by atoms with Crippen molar-refractivity contribution in [2.24, 2.45) is 0 Å². The second kappa shape index (κ2) is 7.92. The fourth-order valence-corrected chi connectivity index (χ4v) is 2.77. The summed E-state index contributed by atoms with van der Waals surface area (Å²) in [6.45, 7) is 5.13. The molecular weight excluding hydrogens is 318 g/mol. The minimum absolute atomic E-state index is 0.00401. The predicted molar refractivity (Wildman–Crippen MR) is 96.6 cm³/mol. The zero-order valence-electron chi connectivity index (χ0n) is 14.6. The lowest BCUT2D eigenvalue weighted by Gasteiger charge is -2.34. The third kappa shape index (κ3) is 4.05. The Morgan fingerprint density at radius 1 is 1.08 bits per heavy atom. The third-order valence-corrected chi connectivity index (χ3v) is 4.09. The number of hydrogen-bond acceptors (Lipinski definition) is 4. The van der Waals surface area contributed by atoms with Crippen molar-refractivity contribution in [1.82, 2.24) is 0 Å². The fraction of sp³-hybridized carbons (Fsp3) is 0.350. The van der Waals surface area contributed by atoms with E-state index in [0.29, 0.717) is 18.9 Å². The smallest absolute Gasteiger partial charge is 0.265 e. The average molecular weight is 341 g/mol. The molecule has 25 heavy (non-hydrogen) atoms. The highest BCUT2D eigenvalue weighted by molar-refractivity contribution is 5.96. The van der Waals surface area contributed by atoms with Gasteiger partial charge in [0.05, 0.1) is 18.8 Å². The summed E-state index contributed by atoms with van der Waals surface area (Å²) in [7, 11) is 0. The standard InChI is InChI=1S/C20H23NO4/c1-3-15-13-21(18-7-5-6-8-19(18)25-15)20(22)14-24-17-11-9-16(10-12-17)23-4-2/h5-12,15H,3-4,13-14H2,1-2H3. The Labute approximate surface area is 148 Å². The van der Waals surface area contributed by atoms with Crippen molar-refractivity contribution in [3.8, 4) is 17.2 Å². The lowest BCUT2D eigenvalue weighted by atomic mass is 10.1. The number of carbonyl (C=O) groups excluding carboxylic acids is 1. The lowest BCUT2D eigenvalue weighted by molar-refractivity contribution is -0.121. The maximum absolute atomic E-state index is 12.7. The molecule has 132 valence electrons. The molecule has 1 aliphatic heterocycles. The van der Waals surface area contributed by atoms with E-state index in [1.54, 1.807) is 17.0 Å². The number of carbonyl (C=O) groups is 1. The minimum Gasteiger partial charge on any atom is -0.494 e. The van der Waals surface area contributed by atoms with Crippen LogP contribution >= 0.6 is 0 Å². The van der Waals surface area contributed by atoms with Gasteiger partial charge in [-0.2, -0.15) is 0 Å². The molecule has 1 atom stereocenters. The first-order valence-corrected chi connectivity index (χ1v) is 8.63. The van der Waals surface area contributed by atoms with Gasteiger partial charge in [-0.3, -0.25) is 4.79 Å². The van der Waals surface area contributed by atoms with Crippen molar-refractivity contribution in [3.63, 3.8) is 0 Å². The van der Waals surface area contributed by atoms with Gasteiger partial charge in [0, 0.05) is 0 Å². The van der Waals surface area contributed by atoms with Gasteiger partial charge in [-0.15, -0.1) is 0 Å². The predicted octanol–water partition coefficient (Wildman–Crippen LogP) is 3.67. The zero-order chi connectivity index (χ0) is 17.6. The van der Waals surface area contributed by atoms with Gasteiger partial charge in [0.1, 0.15) is 23.4 Å². The molecule has 5 heteroatoms. The van der Waals surface area contributed by atoms with Crippen LogP contribution in [0.2, 0.25) is 0 Å². The zero-order valence-corrected chi connectivity index (χ0v) is 14.6. The second-order valence-electron chi connectivity index (χ2n) is 5.81. The largest absolute Gasteiger partial charge is 0.494 e. The SMILES string of the molecule is CCOc1ccc(OCC(=O)N2CC(CC)Oc3ccccc32)cc1. The van der Waals surface area contributed by atoms with Crippen LogP contribution in [0, 0.1) is 0 Å². The molecule has 3 rings (SSSR count). The van der Waals surface area contributed by atoms with Crippen LogP contribution in [0.1, 0.15) is 20.3 Å². The molecule has 0 saturated carbocycles. The summed E-state index contributed by atoms with van der Waals surface area (Å²) in [4.78, 5) is 14.4. The van der Waals surface area contributed by atoms with Crippen LogP contribution in [-0.4, -0.2) is 31.8 Å². The molecule has 5 nitrogen and oxygen atoms in total. The first-order valence-electron chi connectivity index (χ1n) is 8.63. The van der Waals surface area contributed by atoms with Gasteiger partial charge in [-0.25, -0.2) is 0 Å². The van der Waals surface area contributed by atoms with Crippen molar-refractivity contribution in [3.05, 3.63) is 48.5 Å². The molecule has 0 aliphatic carbocycles. The molecule has 1 amide bonds. The van der Waals surface area contributed by atoms with E-state index in [0.717, 1.165) is 23.6 Å². The molecule has 1 unspecified atom stereocenters. The van der Waals surface area contributed by atoms with Gasteiger partial charge in [0.15, 0.2) is 6.61 Å². The Balaban J connectivity index is 1.66. The monoisotopic (exact) mass is 341 g/mol. The Kier molecular flexibility index (Phi) is 5.43. The summed E-state index contributed by atoms with van der Waals surface area (Å²) >= 11 is 0. The van der Waals surface area contributed by atoms with E-state index < -0.39 is 0 Å². The Morgan fingerprint density at radius 2 is 1.76 bits per heavy atom. The fourth-order valence-electron chi connectivity index (χ4n) is 2.77. The van der Waals surface area contributed by atoms with Gasteiger partial charge in [0.25, 0.3) is 5.91 Å². The summed E-state index contributed by atoms with van der Waals surface area (Å²) in [6.07, 6.45) is 0.849. The number of rotatable bonds is 6. The summed E-state index contributed by atoms with van der Waals surface area (Å²) in [5.74, 6) is 2.09. The Morgan fingerprint density at radius 3 is 2.44 bits per heavy atom. The van der Waals surface area contributed by atoms with Crippen LogP contribution < -0.4 is 19.1 Å². The summed E-state index contributed by atoms with van der Waals surface area (Å²) in [6, 6.07) is 14.9. The highest BCUT2D eigenvalue weighted by atomic mass is 16.5. The second-order valence-corrected chi connectivity index (χ2v) is 5.81. The number of amides is 1. The van der Waals surface area contributed by atoms with E-state index in [-0.39, 0.29) is 18.6 Å². The molecule has 0 fully saturated rings. The molecule has 2 aromatic rings. The van der Waals surface area contributed by atoms with Crippen molar-refractivity contribution < 1.29 is 19.0 Å². The molecule has 0 spiro atoms. The molecule has 0 bridgehead atoms. The summed E-state index contributed by atoms with van der Waals surface area (Å²) in [5, 5.41) is 0. The van der Waals surface area contributed by atoms with Crippen molar-refractivity contribution in [1.29, 1.82) is 0 Å². The van der Waals surface area contributed by atoms with Crippen LogP contribution in [0.25, 0.3) is 0 Å². The minimum atomic E-state index is -0.0805. The molecule has 0 N–H and O–H groups in total. The van der Waals surface area contributed by atoms with Crippen LogP contribution in [-0.2, 0) is 4.79 Å². The van der Waals surface area contributed by atoms with Crippen LogP contribution in [0.4, 0.5) is 5.69 Å². The number of fused-ring (bicyclic) bond motifs is 1. The quantitative estimate of drug-likeness (QED) is 0.804. The number of benzene rings is 2. The van der Waals surface area contributed by atoms with Crippen LogP contribution in [0.15, 0.2) is 48.5 Å². The van der Waals surface area contributed by atoms with Gasteiger partial charge < -0.3 is 19.1 Å². The summed E-state index contributed by atoms with van der Waals surface area (Å²) in [5.41, 5.74) is 0.799. The first kappa shape index (κ1) is 17.1. The molecule has 1 heterocycles. The number of para-hydroxylation sites is 2. The topological polar surface area (TPSA) is 48.0 Å². The van der Waals surface area contributed by atoms with Crippen molar-refractivity contribution in [2.45, 2.75) is 26.4 Å². The number of anilines is 1. The van der Waals surface area contributed by atoms with Gasteiger partial charge in [0.2, 0.25) is 0 Å². The van der Waals surface area contributed by atoms with Gasteiger partial charge in [-0.1, -0.05) is 19.1 Å². The number of nitrogens with zero attached hydrogens (tertiary/aromatic N) is 1. The molecule has 1 aliphatic rings. The van der Waals surface area contributed by atoms with E-state index in [4.69, 9.17) is 14.2 Å². The van der Waals surface area contributed by atoms with Crippen molar-refractivity contribution >= 4 is 11.6 Å². The summed E-state index contributed by atoms with van der Waals surface area (Å²) < 4.78 is 17.0. The molecular formula is C20H23NO4. The molecule has 0 aromatic heterocycles.